The fraction of sp³-hybridized carbons (Fsp3) is 0.923. The highest BCUT2D eigenvalue weighted by Gasteiger charge is 2.16. The number of ether oxygens (including phenoxy) is 1. The third-order valence-corrected chi connectivity index (χ3v) is 3.43. The standard InChI is InChI=1S/C13H27N3O2.2ClH/c1-11(10-16-5-3-4-6-16)9-15-13(17)7-12(8-14)18-2;;/h11-12H,3-10,14H2,1-2H3,(H,15,17);2*1H. The average molecular weight is 330 g/mol. The Bertz CT molecular complexity index is 248. The molecular formula is C13H29Cl2N3O2. The summed E-state index contributed by atoms with van der Waals surface area (Å²) in [6, 6.07) is 0. The Morgan fingerprint density at radius 2 is 1.95 bits per heavy atom. The third kappa shape index (κ3) is 8.97. The van der Waals surface area contributed by atoms with Crippen LogP contribution in [0.3, 0.4) is 0 Å². The van der Waals surface area contributed by atoms with Gasteiger partial charge >= 0.3 is 0 Å². The highest BCUT2D eigenvalue weighted by atomic mass is 35.5. The van der Waals surface area contributed by atoms with Crippen molar-refractivity contribution in [3.63, 3.8) is 0 Å². The zero-order chi connectivity index (χ0) is 13.4. The van der Waals surface area contributed by atoms with Crippen molar-refractivity contribution in [1.29, 1.82) is 0 Å². The van der Waals surface area contributed by atoms with E-state index in [0.29, 0.717) is 18.9 Å². The van der Waals surface area contributed by atoms with E-state index < -0.39 is 0 Å². The summed E-state index contributed by atoms with van der Waals surface area (Å²) in [6.45, 7) is 6.78. The van der Waals surface area contributed by atoms with E-state index in [4.69, 9.17) is 10.5 Å². The molecule has 0 aromatic carbocycles. The van der Waals surface area contributed by atoms with E-state index in [1.807, 2.05) is 0 Å². The highest BCUT2D eigenvalue weighted by molar-refractivity contribution is 5.85. The van der Waals surface area contributed by atoms with Crippen molar-refractivity contribution >= 4 is 30.7 Å². The average Bonchev–Trinajstić information content (AvgIpc) is 2.86. The normalized spacial score (nSPS) is 17.8. The molecule has 1 heterocycles. The second kappa shape index (κ2) is 12.7. The molecule has 0 saturated carbocycles. The summed E-state index contributed by atoms with van der Waals surface area (Å²) in [5.74, 6) is 0.520. The number of nitrogens with one attached hydrogen (secondary N) is 1. The molecule has 1 rings (SSSR count). The Morgan fingerprint density at radius 3 is 2.45 bits per heavy atom. The summed E-state index contributed by atoms with van der Waals surface area (Å²) < 4.78 is 5.09. The number of rotatable bonds is 8. The molecule has 3 N–H and O–H groups in total. The number of nitrogens with zero attached hydrogens (tertiary/aromatic N) is 1. The molecule has 0 aromatic heterocycles. The first-order valence-electron chi connectivity index (χ1n) is 6.87. The van der Waals surface area contributed by atoms with E-state index in [0.717, 1.165) is 13.1 Å². The first-order valence-corrected chi connectivity index (χ1v) is 6.87. The summed E-state index contributed by atoms with van der Waals surface area (Å²) in [6.07, 6.45) is 2.80. The third-order valence-electron chi connectivity index (χ3n) is 3.43. The smallest absolute Gasteiger partial charge is 0.222 e. The molecule has 1 saturated heterocycles. The Morgan fingerprint density at radius 1 is 1.35 bits per heavy atom. The molecule has 2 unspecified atom stereocenters. The van der Waals surface area contributed by atoms with Crippen LogP contribution in [0.25, 0.3) is 0 Å². The number of hydrogen-bond donors (Lipinski definition) is 2. The number of likely N-dealkylation sites (tertiary alicyclic amines) is 1. The van der Waals surface area contributed by atoms with Gasteiger partial charge in [0.1, 0.15) is 0 Å². The van der Waals surface area contributed by atoms with Gasteiger partial charge in [-0.1, -0.05) is 6.92 Å². The van der Waals surface area contributed by atoms with Gasteiger partial charge in [-0.2, -0.15) is 0 Å². The van der Waals surface area contributed by atoms with E-state index in [1.54, 1.807) is 7.11 Å². The second-order valence-corrected chi connectivity index (χ2v) is 5.21. The number of methoxy groups -OCH3 is 1. The maximum atomic E-state index is 11.7. The lowest BCUT2D eigenvalue weighted by atomic mass is 10.1. The second-order valence-electron chi connectivity index (χ2n) is 5.21. The van der Waals surface area contributed by atoms with Crippen molar-refractivity contribution in [2.75, 3.05) is 39.8 Å². The molecule has 2 atom stereocenters. The van der Waals surface area contributed by atoms with Crippen LogP contribution in [0.2, 0.25) is 0 Å². The topological polar surface area (TPSA) is 67.6 Å². The lowest BCUT2D eigenvalue weighted by molar-refractivity contribution is -0.123. The van der Waals surface area contributed by atoms with Gasteiger partial charge in [-0.3, -0.25) is 4.79 Å². The van der Waals surface area contributed by atoms with E-state index in [-0.39, 0.29) is 36.8 Å². The molecule has 122 valence electrons. The minimum atomic E-state index is -0.168. The first-order chi connectivity index (χ1) is 8.65. The van der Waals surface area contributed by atoms with Crippen LogP contribution in [0.4, 0.5) is 0 Å². The molecule has 0 spiro atoms. The Labute approximate surface area is 134 Å². The van der Waals surface area contributed by atoms with E-state index in [1.165, 1.54) is 25.9 Å². The number of amides is 1. The van der Waals surface area contributed by atoms with Crippen molar-refractivity contribution in [2.45, 2.75) is 32.3 Å². The van der Waals surface area contributed by atoms with Crippen LogP contribution < -0.4 is 11.1 Å². The zero-order valence-electron chi connectivity index (χ0n) is 12.5. The van der Waals surface area contributed by atoms with Crippen LogP contribution in [0.1, 0.15) is 26.2 Å². The van der Waals surface area contributed by atoms with E-state index in [9.17, 15) is 4.79 Å². The molecular weight excluding hydrogens is 301 g/mol. The Balaban J connectivity index is 0. The molecule has 7 heteroatoms. The summed E-state index contributed by atoms with van der Waals surface area (Å²) in [5.41, 5.74) is 5.48. The summed E-state index contributed by atoms with van der Waals surface area (Å²) >= 11 is 0. The maximum Gasteiger partial charge on any atom is 0.222 e. The fourth-order valence-corrected chi connectivity index (χ4v) is 2.30. The van der Waals surface area contributed by atoms with Gasteiger partial charge in [0.2, 0.25) is 5.91 Å². The summed E-state index contributed by atoms with van der Waals surface area (Å²) in [4.78, 5) is 14.1. The fourth-order valence-electron chi connectivity index (χ4n) is 2.30. The number of hydrogen-bond acceptors (Lipinski definition) is 4. The quantitative estimate of drug-likeness (QED) is 0.698. The van der Waals surface area contributed by atoms with Gasteiger partial charge in [0.25, 0.3) is 0 Å². The van der Waals surface area contributed by atoms with Crippen LogP contribution in [-0.2, 0) is 9.53 Å². The van der Waals surface area contributed by atoms with E-state index >= 15 is 0 Å². The largest absolute Gasteiger partial charge is 0.380 e. The minimum absolute atomic E-state index is 0. The number of carbonyl (C=O) groups excluding carboxylic acids is 1. The maximum absolute atomic E-state index is 11.7. The predicted octanol–water partition coefficient (Wildman–Crippen LogP) is 1.04. The van der Waals surface area contributed by atoms with Gasteiger partial charge in [-0.15, -0.1) is 24.8 Å². The molecule has 1 aliphatic rings. The molecule has 0 bridgehead atoms. The molecule has 5 nitrogen and oxygen atoms in total. The van der Waals surface area contributed by atoms with Crippen LogP contribution in [-0.4, -0.2) is 56.7 Å². The molecule has 0 aliphatic carbocycles. The molecule has 20 heavy (non-hydrogen) atoms. The van der Waals surface area contributed by atoms with E-state index in [2.05, 4.69) is 17.1 Å². The summed E-state index contributed by atoms with van der Waals surface area (Å²) in [7, 11) is 1.58. The van der Waals surface area contributed by atoms with Crippen molar-refractivity contribution in [2.24, 2.45) is 11.7 Å². The van der Waals surface area contributed by atoms with Crippen LogP contribution in [0.15, 0.2) is 0 Å². The van der Waals surface area contributed by atoms with Gasteiger partial charge in [0.05, 0.1) is 12.5 Å². The predicted molar refractivity (Wildman–Crippen MR) is 86.8 cm³/mol. The monoisotopic (exact) mass is 329 g/mol. The molecule has 0 radical (unpaired) electrons. The van der Waals surface area contributed by atoms with Crippen LogP contribution in [0, 0.1) is 5.92 Å². The van der Waals surface area contributed by atoms with Gasteiger partial charge in [0.15, 0.2) is 0 Å². The zero-order valence-corrected chi connectivity index (χ0v) is 14.1. The summed E-state index contributed by atoms with van der Waals surface area (Å²) in [5, 5.41) is 2.95. The van der Waals surface area contributed by atoms with Crippen molar-refractivity contribution in [1.82, 2.24) is 10.2 Å². The van der Waals surface area contributed by atoms with Crippen molar-refractivity contribution in [3.8, 4) is 0 Å². The molecule has 1 amide bonds. The molecule has 0 aromatic rings. The SMILES string of the molecule is COC(CN)CC(=O)NCC(C)CN1CCCC1.Cl.Cl. The molecule has 1 aliphatic heterocycles. The Kier molecular flexibility index (Phi) is 14.1. The first kappa shape index (κ1) is 22.2. The minimum Gasteiger partial charge on any atom is -0.380 e. The number of carbonyl (C=O) groups is 1. The van der Waals surface area contributed by atoms with Crippen LogP contribution in [0.5, 0.6) is 0 Å². The molecule has 1 fully saturated rings. The number of halogens is 2. The van der Waals surface area contributed by atoms with Gasteiger partial charge in [-0.25, -0.2) is 0 Å². The van der Waals surface area contributed by atoms with Gasteiger partial charge in [-0.05, 0) is 31.8 Å². The highest BCUT2D eigenvalue weighted by Crippen LogP contribution is 2.09. The Hall–Kier alpha value is -0.0700. The lowest BCUT2D eigenvalue weighted by Gasteiger charge is -2.21. The van der Waals surface area contributed by atoms with Gasteiger partial charge in [0, 0.05) is 26.7 Å². The van der Waals surface area contributed by atoms with Crippen molar-refractivity contribution < 1.29 is 9.53 Å². The van der Waals surface area contributed by atoms with Crippen LogP contribution >= 0.6 is 24.8 Å². The lowest BCUT2D eigenvalue weighted by Crippen LogP contribution is -2.37. The van der Waals surface area contributed by atoms with Gasteiger partial charge < -0.3 is 20.7 Å². The number of nitrogens with two attached hydrogens (primary N) is 1. The van der Waals surface area contributed by atoms with Crippen molar-refractivity contribution in [3.05, 3.63) is 0 Å².